The lowest BCUT2D eigenvalue weighted by Crippen LogP contribution is -1.99. The monoisotopic (exact) mass is 108 g/mol. The molecular formula is C6H8N2. The molecule has 8 heavy (non-hydrogen) atoms. The third-order valence-corrected chi connectivity index (χ3v) is 1.69. The van der Waals surface area contributed by atoms with Gasteiger partial charge in [0.2, 0.25) is 0 Å². The summed E-state index contributed by atoms with van der Waals surface area (Å²) in [5, 5.41) is 0. The summed E-state index contributed by atoms with van der Waals surface area (Å²) >= 11 is 0. The molecule has 0 aromatic rings. The molecule has 2 unspecified atom stereocenters. The Kier molecular flexibility index (Phi) is 0.583. The predicted octanol–water partition coefficient (Wildman–Crippen LogP) is 0.507. The van der Waals surface area contributed by atoms with Gasteiger partial charge in [-0.25, -0.2) is 4.99 Å². The van der Waals surface area contributed by atoms with Crippen LogP contribution >= 0.6 is 0 Å². The first-order chi connectivity index (χ1) is 3.86. The second kappa shape index (κ2) is 1.13. The molecule has 1 fully saturated rings. The van der Waals surface area contributed by atoms with Gasteiger partial charge in [-0.3, -0.25) is 0 Å². The van der Waals surface area contributed by atoms with Gasteiger partial charge in [-0.05, 0) is 18.4 Å². The van der Waals surface area contributed by atoms with Gasteiger partial charge in [0, 0.05) is 12.1 Å². The first-order valence-electron chi connectivity index (χ1n) is 2.88. The highest BCUT2D eigenvalue weighted by atomic mass is 14.9. The normalized spacial score (nSPS) is 40.8. The van der Waals surface area contributed by atoms with E-state index in [9.17, 15) is 0 Å². The van der Waals surface area contributed by atoms with Gasteiger partial charge in [-0.1, -0.05) is 0 Å². The quantitative estimate of drug-likeness (QED) is 0.482. The van der Waals surface area contributed by atoms with Gasteiger partial charge in [0.05, 0.1) is 0 Å². The van der Waals surface area contributed by atoms with Gasteiger partial charge < -0.3 is 5.73 Å². The van der Waals surface area contributed by atoms with Crippen LogP contribution in [0.3, 0.4) is 0 Å². The fraction of sp³-hybridized carbons (Fsp3) is 0.500. The summed E-state index contributed by atoms with van der Waals surface area (Å²) in [5.74, 6) is 2.18. The standard InChI is InChI=1S/C6H8N2/c7-6-2-4-1-5(4)3-8-6/h2-5H,1,7H2. The van der Waals surface area contributed by atoms with Crippen molar-refractivity contribution in [3.8, 4) is 0 Å². The van der Waals surface area contributed by atoms with E-state index in [1.165, 1.54) is 6.42 Å². The second-order valence-electron chi connectivity index (χ2n) is 2.43. The molecular weight excluding hydrogens is 100 g/mol. The Bertz CT molecular complexity index is 169. The fourth-order valence-electron chi connectivity index (χ4n) is 1.04. The van der Waals surface area contributed by atoms with E-state index in [1.807, 2.05) is 12.3 Å². The Morgan fingerprint density at radius 3 is 3.12 bits per heavy atom. The molecule has 0 saturated heterocycles. The summed E-state index contributed by atoms with van der Waals surface area (Å²) in [6.45, 7) is 0. The van der Waals surface area contributed by atoms with Crippen molar-refractivity contribution in [2.75, 3.05) is 0 Å². The molecule has 0 amide bonds. The van der Waals surface area contributed by atoms with E-state index in [4.69, 9.17) is 5.73 Å². The number of nitrogens with zero attached hydrogens (tertiary/aromatic N) is 1. The van der Waals surface area contributed by atoms with Crippen molar-refractivity contribution >= 4 is 6.21 Å². The number of aliphatic imine (C=N–C) groups is 1. The fourth-order valence-corrected chi connectivity index (χ4v) is 1.04. The number of rotatable bonds is 0. The number of allylic oxidation sites excluding steroid dienone is 1. The van der Waals surface area contributed by atoms with Gasteiger partial charge in [0.1, 0.15) is 5.82 Å². The lowest BCUT2D eigenvalue weighted by molar-refractivity contribution is 0.982. The Hall–Kier alpha value is -0.790. The summed E-state index contributed by atoms with van der Waals surface area (Å²) in [6.07, 6.45) is 5.27. The second-order valence-corrected chi connectivity index (χ2v) is 2.43. The maximum atomic E-state index is 5.42. The summed E-state index contributed by atoms with van der Waals surface area (Å²) in [6, 6.07) is 0. The average Bonchev–Trinajstić information content (AvgIpc) is 2.43. The highest BCUT2D eigenvalue weighted by Crippen LogP contribution is 2.40. The molecule has 0 radical (unpaired) electrons. The highest BCUT2D eigenvalue weighted by molar-refractivity contribution is 5.68. The van der Waals surface area contributed by atoms with E-state index in [2.05, 4.69) is 4.99 Å². The molecule has 0 aromatic heterocycles. The number of hydrogen-bond donors (Lipinski definition) is 1. The molecule has 2 aliphatic rings. The Morgan fingerprint density at radius 2 is 2.50 bits per heavy atom. The van der Waals surface area contributed by atoms with Crippen molar-refractivity contribution in [1.82, 2.24) is 0 Å². The van der Waals surface area contributed by atoms with Crippen LogP contribution in [0.25, 0.3) is 0 Å². The molecule has 1 aliphatic carbocycles. The minimum atomic E-state index is 0.698. The lowest BCUT2D eigenvalue weighted by atomic mass is 10.3. The molecule has 2 nitrogen and oxygen atoms in total. The van der Waals surface area contributed by atoms with Crippen LogP contribution in [0.2, 0.25) is 0 Å². The zero-order valence-electron chi connectivity index (χ0n) is 4.54. The van der Waals surface area contributed by atoms with E-state index in [1.54, 1.807) is 0 Å². The van der Waals surface area contributed by atoms with Crippen molar-refractivity contribution in [1.29, 1.82) is 0 Å². The van der Waals surface area contributed by atoms with E-state index < -0.39 is 0 Å². The van der Waals surface area contributed by atoms with Crippen LogP contribution in [0, 0.1) is 11.8 Å². The van der Waals surface area contributed by atoms with Crippen molar-refractivity contribution < 1.29 is 0 Å². The van der Waals surface area contributed by atoms with E-state index in [0.29, 0.717) is 5.82 Å². The maximum absolute atomic E-state index is 5.42. The van der Waals surface area contributed by atoms with E-state index in [0.717, 1.165) is 11.8 Å². The van der Waals surface area contributed by atoms with Crippen molar-refractivity contribution in [2.45, 2.75) is 6.42 Å². The van der Waals surface area contributed by atoms with Crippen LogP contribution < -0.4 is 5.73 Å². The topological polar surface area (TPSA) is 38.4 Å². The van der Waals surface area contributed by atoms with E-state index in [-0.39, 0.29) is 0 Å². The summed E-state index contributed by atoms with van der Waals surface area (Å²) < 4.78 is 0. The average molecular weight is 108 g/mol. The molecule has 1 aliphatic heterocycles. The van der Waals surface area contributed by atoms with Gasteiger partial charge in [0.25, 0.3) is 0 Å². The van der Waals surface area contributed by atoms with Crippen LogP contribution in [-0.2, 0) is 0 Å². The highest BCUT2D eigenvalue weighted by Gasteiger charge is 2.35. The Labute approximate surface area is 48.1 Å². The van der Waals surface area contributed by atoms with E-state index >= 15 is 0 Å². The van der Waals surface area contributed by atoms with Crippen molar-refractivity contribution in [3.63, 3.8) is 0 Å². The van der Waals surface area contributed by atoms with Gasteiger partial charge >= 0.3 is 0 Å². The molecule has 42 valence electrons. The minimum Gasteiger partial charge on any atom is -0.384 e. The molecule has 0 bridgehead atoms. The molecule has 2 heteroatoms. The predicted molar refractivity (Wildman–Crippen MR) is 32.4 cm³/mol. The summed E-state index contributed by atoms with van der Waals surface area (Å²) in [5.41, 5.74) is 5.42. The Morgan fingerprint density at radius 1 is 1.62 bits per heavy atom. The van der Waals surface area contributed by atoms with Crippen LogP contribution in [0.5, 0.6) is 0 Å². The van der Waals surface area contributed by atoms with Gasteiger partial charge in [0.15, 0.2) is 0 Å². The SMILES string of the molecule is NC1=CC2CC2C=N1. The smallest absolute Gasteiger partial charge is 0.119 e. The molecule has 0 spiro atoms. The van der Waals surface area contributed by atoms with Crippen molar-refractivity contribution in [3.05, 3.63) is 11.9 Å². The first-order valence-corrected chi connectivity index (χ1v) is 2.88. The third kappa shape index (κ3) is 0.457. The van der Waals surface area contributed by atoms with Gasteiger partial charge in [-0.2, -0.15) is 0 Å². The molecule has 2 N–H and O–H groups in total. The molecule has 2 atom stereocenters. The molecule has 1 heterocycles. The van der Waals surface area contributed by atoms with Crippen LogP contribution in [0.15, 0.2) is 16.9 Å². The number of nitrogens with two attached hydrogens (primary N) is 1. The summed E-state index contributed by atoms with van der Waals surface area (Å²) in [4.78, 5) is 3.97. The number of fused-ring (bicyclic) bond motifs is 1. The molecule has 2 rings (SSSR count). The van der Waals surface area contributed by atoms with Crippen LogP contribution in [0.1, 0.15) is 6.42 Å². The first kappa shape index (κ1) is 4.13. The Balaban J connectivity index is 2.28. The molecule has 0 aromatic carbocycles. The zero-order chi connectivity index (χ0) is 5.56. The zero-order valence-corrected chi connectivity index (χ0v) is 4.54. The molecule has 1 saturated carbocycles. The largest absolute Gasteiger partial charge is 0.384 e. The van der Waals surface area contributed by atoms with Crippen molar-refractivity contribution in [2.24, 2.45) is 22.6 Å². The van der Waals surface area contributed by atoms with Gasteiger partial charge in [-0.15, -0.1) is 0 Å². The third-order valence-electron chi connectivity index (χ3n) is 1.69. The van der Waals surface area contributed by atoms with Crippen LogP contribution in [-0.4, -0.2) is 6.21 Å². The van der Waals surface area contributed by atoms with Crippen LogP contribution in [0.4, 0.5) is 0 Å². The maximum Gasteiger partial charge on any atom is 0.119 e. The number of hydrogen-bond acceptors (Lipinski definition) is 2. The lowest BCUT2D eigenvalue weighted by Gasteiger charge is -1.95. The minimum absolute atomic E-state index is 0.698. The summed E-state index contributed by atoms with van der Waals surface area (Å²) in [7, 11) is 0.